The Labute approximate surface area is 127 Å². The zero-order valence-electron chi connectivity index (χ0n) is 12.4. The number of hydrogen-bond donors (Lipinski definition) is 2. The average Bonchev–Trinajstić information content (AvgIpc) is 2.48. The first-order chi connectivity index (χ1) is 10.4. The SMILES string of the molecule is CCCC1CC[C@@H](NC(=O)C(F)(F)F)c2ccc(CO)cc21. The fourth-order valence-electron chi connectivity index (χ4n) is 3.11. The lowest BCUT2D eigenvalue weighted by Crippen LogP contribution is -2.40. The summed E-state index contributed by atoms with van der Waals surface area (Å²) in [5.41, 5.74) is 2.43. The summed E-state index contributed by atoms with van der Waals surface area (Å²) in [5.74, 6) is -1.63. The highest BCUT2D eigenvalue weighted by atomic mass is 19.4. The van der Waals surface area contributed by atoms with E-state index in [0.29, 0.717) is 6.42 Å². The predicted molar refractivity (Wildman–Crippen MR) is 76.2 cm³/mol. The van der Waals surface area contributed by atoms with Gasteiger partial charge >= 0.3 is 12.1 Å². The number of rotatable bonds is 4. The average molecular weight is 315 g/mol. The molecule has 1 aromatic rings. The van der Waals surface area contributed by atoms with Gasteiger partial charge in [0.1, 0.15) is 0 Å². The lowest BCUT2D eigenvalue weighted by molar-refractivity contribution is -0.174. The Hall–Kier alpha value is -1.56. The number of halogens is 3. The van der Waals surface area contributed by atoms with Crippen LogP contribution in [0, 0.1) is 0 Å². The predicted octanol–water partition coefficient (Wildman–Crippen LogP) is 3.58. The third kappa shape index (κ3) is 3.61. The molecule has 0 heterocycles. The van der Waals surface area contributed by atoms with E-state index >= 15 is 0 Å². The first kappa shape index (κ1) is 16.8. The fraction of sp³-hybridized carbons (Fsp3) is 0.562. The number of alkyl halides is 3. The molecule has 0 radical (unpaired) electrons. The number of carbonyl (C=O) groups is 1. The summed E-state index contributed by atoms with van der Waals surface area (Å²) in [5, 5.41) is 11.3. The second-order valence-corrected chi connectivity index (χ2v) is 5.71. The second-order valence-electron chi connectivity index (χ2n) is 5.71. The molecule has 2 rings (SSSR count). The molecular formula is C16H20F3NO2. The van der Waals surface area contributed by atoms with Gasteiger partial charge in [-0.15, -0.1) is 0 Å². The molecular weight excluding hydrogens is 295 g/mol. The van der Waals surface area contributed by atoms with E-state index in [1.807, 2.05) is 6.07 Å². The molecule has 0 fully saturated rings. The Morgan fingerprint density at radius 2 is 2.05 bits per heavy atom. The maximum Gasteiger partial charge on any atom is 0.471 e. The van der Waals surface area contributed by atoms with Crippen LogP contribution in [0.15, 0.2) is 18.2 Å². The maximum atomic E-state index is 12.5. The summed E-state index contributed by atoms with van der Waals surface area (Å²) >= 11 is 0. The summed E-state index contributed by atoms with van der Waals surface area (Å²) in [6.07, 6.45) is -1.71. The molecule has 1 aliphatic rings. The minimum absolute atomic E-state index is 0.105. The number of fused-ring (bicyclic) bond motifs is 1. The normalized spacial score (nSPS) is 21.3. The van der Waals surface area contributed by atoms with E-state index in [1.165, 1.54) is 0 Å². The van der Waals surface area contributed by atoms with Crippen LogP contribution in [0.4, 0.5) is 13.2 Å². The van der Waals surface area contributed by atoms with E-state index in [1.54, 1.807) is 12.1 Å². The molecule has 0 saturated heterocycles. The number of carbonyl (C=O) groups excluding carboxylic acids is 1. The summed E-state index contributed by atoms with van der Waals surface area (Å²) in [7, 11) is 0. The molecule has 1 unspecified atom stereocenters. The number of aliphatic hydroxyl groups is 1. The molecule has 2 atom stereocenters. The van der Waals surface area contributed by atoms with E-state index < -0.39 is 18.1 Å². The summed E-state index contributed by atoms with van der Waals surface area (Å²) in [6, 6.07) is 4.65. The van der Waals surface area contributed by atoms with Gasteiger partial charge < -0.3 is 10.4 Å². The lowest BCUT2D eigenvalue weighted by atomic mass is 9.77. The van der Waals surface area contributed by atoms with Gasteiger partial charge in [0.05, 0.1) is 12.6 Å². The van der Waals surface area contributed by atoms with E-state index in [4.69, 9.17) is 0 Å². The zero-order chi connectivity index (χ0) is 16.3. The van der Waals surface area contributed by atoms with Crippen molar-refractivity contribution in [2.24, 2.45) is 0 Å². The van der Waals surface area contributed by atoms with Gasteiger partial charge in [0, 0.05) is 0 Å². The van der Waals surface area contributed by atoms with Crippen LogP contribution in [-0.2, 0) is 11.4 Å². The van der Waals surface area contributed by atoms with Crippen molar-refractivity contribution in [3.63, 3.8) is 0 Å². The Bertz CT molecular complexity index is 543. The third-order valence-electron chi connectivity index (χ3n) is 4.15. The number of benzene rings is 1. The molecule has 122 valence electrons. The second kappa shape index (κ2) is 6.69. The lowest BCUT2D eigenvalue weighted by Gasteiger charge is -2.32. The van der Waals surface area contributed by atoms with Gasteiger partial charge in [-0.3, -0.25) is 4.79 Å². The van der Waals surface area contributed by atoms with E-state index in [2.05, 4.69) is 12.2 Å². The van der Waals surface area contributed by atoms with Crippen molar-refractivity contribution in [2.75, 3.05) is 0 Å². The molecule has 0 aromatic heterocycles. The Kier molecular flexibility index (Phi) is 5.11. The molecule has 1 amide bonds. The molecule has 1 aliphatic carbocycles. The largest absolute Gasteiger partial charge is 0.471 e. The topological polar surface area (TPSA) is 49.3 Å². The van der Waals surface area contributed by atoms with Crippen molar-refractivity contribution in [1.82, 2.24) is 5.32 Å². The van der Waals surface area contributed by atoms with E-state index in [9.17, 15) is 23.1 Å². The standard InChI is InChI=1S/C16H20F3NO2/c1-2-3-11-5-7-14(20-15(22)16(17,18)19)12-6-4-10(9-21)8-13(11)12/h4,6,8,11,14,21H,2-3,5,7,9H2,1H3,(H,20,22)/t11?,14-/m1/s1. The first-order valence-electron chi connectivity index (χ1n) is 7.48. The van der Waals surface area contributed by atoms with Gasteiger partial charge in [0.25, 0.3) is 0 Å². The van der Waals surface area contributed by atoms with Crippen molar-refractivity contribution in [2.45, 2.75) is 57.3 Å². The van der Waals surface area contributed by atoms with Gasteiger partial charge in [0.2, 0.25) is 0 Å². The summed E-state index contributed by atoms with van der Waals surface area (Å²) < 4.78 is 37.4. The van der Waals surface area contributed by atoms with Crippen molar-refractivity contribution >= 4 is 5.91 Å². The Morgan fingerprint density at radius 1 is 1.32 bits per heavy atom. The molecule has 22 heavy (non-hydrogen) atoms. The summed E-state index contributed by atoms with van der Waals surface area (Å²) in [4.78, 5) is 11.2. The molecule has 0 aliphatic heterocycles. The Morgan fingerprint density at radius 3 is 2.64 bits per heavy atom. The van der Waals surface area contributed by atoms with Crippen LogP contribution in [0.2, 0.25) is 0 Å². The van der Waals surface area contributed by atoms with Crippen LogP contribution in [0.25, 0.3) is 0 Å². The van der Waals surface area contributed by atoms with Gasteiger partial charge in [0.15, 0.2) is 0 Å². The van der Waals surface area contributed by atoms with Crippen molar-refractivity contribution in [3.8, 4) is 0 Å². The highest BCUT2D eigenvalue weighted by Gasteiger charge is 2.41. The number of aliphatic hydroxyl groups excluding tert-OH is 1. The Balaban J connectivity index is 2.29. The van der Waals surface area contributed by atoms with Crippen molar-refractivity contribution in [3.05, 3.63) is 34.9 Å². The molecule has 3 nitrogen and oxygen atoms in total. The maximum absolute atomic E-state index is 12.5. The number of hydrogen-bond acceptors (Lipinski definition) is 2. The molecule has 1 aromatic carbocycles. The van der Waals surface area contributed by atoms with Crippen molar-refractivity contribution < 1.29 is 23.1 Å². The zero-order valence-corrected chi connectivity index (χ0v) is 12.4. The third-order valence-corrected chi connectivity index (χ3v) is 4.15. The monoisotopic (exact) mass is 315 g/mol. The van der Waals surface area contributed by atoms with Crippen molar-refractivity contribution in [1.29, 1.82) is 0 Å². The van der Waals surface area contributed by atoms with Crippen LogP contribution in [0.1, 0.15) is 61.3 Å². The number of amides is 1. The van der Waals surface area contributed by atoms with Crippen LogP contribution < -0.4 is 5.32 Å². The minimum atomic E-state index is -4.87. The highest BCUT2D eigenvalue weighted by Crippen LogP contribution is 2.40. The molecule has 0 spiro atoms. The quantitative estimate of drug-likeness (QED) is 0.892. The molecule has 0 saturated carbocycles. The summed E-state index contributed by atoms with van der Waals surface area (Å²) in [6.45, 7) is 1.96. The van der Waals surface area contributed by atoms with Gasteiger partial charge in [-0.2, -0.15) is 13.2 Å². The molecule has 6 heteroatoms. The molecule has 2 N–H and O–H groups in total. The fourth-order valence-corrected chi connectivity index (χ4v) is 3.11. The first-order valence-corrected chi connectivity index (χ1v) is 7.48. The van der Waals surface area contributed by atoms with E-state index in [0.717, 1.165) is 36.0 Å². The smallest absolute Gasteiger partial charge is 0.392 e. The minimum Gasteiger partial charge on any atom is -0.392 e. The van der Waals surface area contributed by atoms with Gasteiger partial charge in [-0.05, 0) is 41.9 Å². The molecule has 0 bridgehead atoms. The van der Waals surface area contributed by atoms with Crippen LogP contribution in [0.3, 0.4) is 0 Å². The van der Waals surface area contributed by atoms with E-state index in [-0.39, 0.29) is 12.5 Å². The number of nitrogens with one attached hydrogen (secondary N) is 1. The van der Waals surface area contributed by atoms with Crippen LogP contribution >= 0.6 is 0 Å². The van der Waals surface area contributed by atoms with Crippen LogP contribution in [0.5, 0.6) is 0 Å². The highest BCUT2D eigenvalue weighted by molar-refractivity contribution is 5.82. The van der Waals surface area contributed by atoms with Crippen LogP contribution in [-0.4, -0.2) is 17.2 Å². The van der Waals surface area contributed by atoms with Gasteiger partial charge in [-0.25, -0.2) is 0 Å². The van der Waals surface area contributed by atoms with Gasteiger partial charge in [-0.1, -0.05) is 31.5 Å².